The van der Waals surface area contributed by atoms with E-state index in [0.717, 1.165) is 23.5 Å². The van der Waals surface area contributed by atoms with Crippen molar-refractivity contribution in [1.29, 1.82) is 0 Å². The molecule has 0 rings (SSSR count). The lowest BCUT2D eigenvalue weighted by Gasteiger charge is -2.12. The number of hydrogen-bond acceptors (Lipinski definition) is 6. The second kappa shape index (κ2) is 7.76. The highest BCUT2D eigenvalue weighted by atomic mass is 32.2. The van der Waals surface area contributed by atoms with Crippen LogP contribution in [0.3, 0.4) is 0 Å². The number of thioether (sulfide) groups is 2. The van der Waals surface area contributed by atoms with Crippen LogP contribution in [0, 0.1) is 0 Å². The van der Waals surface area contributed by atoms with E-state index < -0.39 is 0 Å². The summed E-state index contributed by atoms with van der Waals surface area (Å²) in [6.07, 6.45) is 0. The summed E-state index contributed by atoms with van der Waals surface area (Å²) >= 11 is 2.22. The predicted octanol–water partition coefficient (Wildman–Crippen LogP) is 1.48. The van der Waals surface area contributed by atoms with E-state index in [-0.39, 0.29) is 28.1 Å². The molecule has 0 aliphatic rings. The lowest BCUT2D eigenvalue weighted by molar-refractivity contribution is -0.140. The van der Waals surface area contributed by atoms with E-state index in [1.807, 2.05) is 0 Å². The van der Waals surface area contributed by atoms with Crippen LogP contribution in [0.2, 0.25) is 0 Å². The average Bonchev–Trinajstić information content (AvgIpc) is 2.08. The second-order valence-electron chi connectivity index (χ2n) is 2.84. The van der Waals surface area contributed by atoms with Crippen molar-refractivity contribution in [2.24, 2.45) is 0 Å². The topological polar surface area (TPSA) is 60.4 Å². The highest BCUT2D eigenvalue weighted by Crippen LogP contribution is 2.18. The zero-order valence-electron chi connectivity index (χ0n) is 8.94. The minimum Gasteiger partial charge on any atom is -0.465 e. The zero-order chi connectivity index (χ0) is 11.8. The first-order valence-electron chi connectivity index (χ1n) is 4.35. The van der Waals surface area contributed by atoms with Gasteiger partial charge >= 0.3 is 5.97 Å². The van der Waals surface area contributed by atoms with Gasteiger partial charge in [-0.3, -0.25) is 14.4 Å². The molecule has 0 aliphatic carbocycles. The fourth-order valence-corrected chi connectivity index (χ4v) is 2.37. The molecule has 0 fully saturated rings. The summed E-state index contributed by atoms with van der Waals surface area (Å²) in [5.74, 6) is 0.101. The van der Waals surface area contributed by atoms with Gasteiger partial charge in [0.2, 0.25) is 0 Å². The van der Waals surface area contributed by atoms with Gasteiger partial charge in [-0.1, -0.05) is 23.5 Å². The number of rotatable bonds is 5. The highest BCUT2D eigenvalue weighted by Gasteiger charge is 2.15. The van der Waals surface area contributed by atoms with Crippen LogP contribution in [0.1, 0.15) is 20.8 Å². The molecule has 0 aliphatic heterocycles. The molecule has 1 atom stereocenters. The van der Waals surface area contributed by atoms with Crippen LogP contribution in [0.15, 0.2) is 0 Å². The monoisotopic (exact) mass is 250 g/mol. The maximum atomic E-state index is 10.9. The number of carbonyl (C=O) groups is 3. The average molecular weight is 250 g/mol. The van der Waals surface area contributed by atoms with Crippen molar-refractivity contribution in [1.82, 2.24) is 0 Å². The Balaban J connectivity index is 3.99. The highest BCUT2D eigenvalue weighted by molar-refractivity contribution is 8.17. The van der Waals surface area contributed by atoms with Gasteiger partial charge in [-0.25, -0.2) is 0 Å². The van der Waals surface area contributed by atoms with Crippen LogP contribution in [-0.4, -0.2) is 33.8 Å². The van der Waals surface area contributed by atoms with E-state index >= 15 is 0 Å². The molecule has 15 heavy (non-hydrogen) atoms. The molecule has 0 spiro atoms. The van der Waals surface area contributed by atoms with Crippen molar-refractivity contribution in [3.05, 3.63) is 0 Å². The van der Waals surface area contributed by atoms with E-state index in [2.05, 4.69) is 0 Å². The largest absolute Gasteiger partial charge is 0.465 e. The summed E-state index contributed by atoms with van der Waals surface area (Å²) in [7, 11) is 0. The number of ether oxygens (including phenoxy) is 1. The third-order valence-corrected chi connectivity index (χ3v) is 3.43. The van der Waals surface area contributed by atoms with Gasteiger partial charge < -0.3 is 4.74 Å². The fourth-order valence-electron chi connectivity index (χ4n) is 0.771. The third kappa shape index (κ3) is 9.81. The first-order valence-corrected chi connectivity index (χ1v) is 6.22. The van der Waals surface area contributed by atoms with Crippen molar-refractivity contribution >= 4 is 39.7 Å². The summed E-state index contributed by atoms with van der Waals surface area (Å²) < 4.78 is 4.80. The minimum absolute atomic E-state index is 0.00743. The van der Waals surface area contributed by atoms with Crippen LogP contribution >= 0.6 is 23.5 Å². The predicted molar refractivity (Wildman–Crippen MR) is 61.8 cm³/mol. The molecule has 86 valence electrons. The Bertz CT molecular complexity index is 234. The third-order valence-electron chi connectivity index (χ3n) is 1.28. The zero-order valence-corrected chi connectivity index (χ0v) is 10.6. The molecule has 0 saturated carbocycles. The fraction of sp³-hybridized carbons (Fsp3) is 0.667. The van der Waals surface area contributed by atoms with Crippen LogP contribution in [0.5, 0.6) is 0 Å². The van der Waals surface area contributed by atoms with Crippen LogP contribution in [-0.2, 0) is 19.1 Å². The van der Waals surface area contributed by atoms with Crippen LogP contribution in [0.25, 0.3) is 0 Å². The molecule has 0 N–H and O–H groups in total. The summed E-state index contributed by atoms with van der Waals surface area (Å²) in [5.41, 5.74) is 0. The Labute approximate surface area is 97.5 Å². The molecular weight excluding hydrogens is 236 g/mol. The Hall–Kier alpha value is -0.490. The summed E-state index contributed by atoms with van der Waals surface area (Å²) in [4.78, 5) is 32.2. The standard InChI is InChI=1S/C9H14O4S2/c1-6(10)13-4-9(15-8(3)12)5-14-7(2)11/h9H,4-5H2,1-3H3. The number of esters is 1. The molecule has 0 aromatic carbocycles. The first-order chi connectivity index (χ1) is 6.91. The minimum atomic E-state index is -0.378. The van der Waals surface area contributed by atoms with E-state index in [1.165, 1.54) is 20.8 Å². The molecule has 0 radical (unpaired) electrons. The maximum absolute atomic E-state index is 10.9. The Kier molecular flexibility index (Phi) is 7.50. The van der Waals surface area contributed by atoms with E-state index in [0.29, 0.717) is 5.75 Å². The Morgan fingerprint density at radius 2 is 1.73 bits per heavy atom. The SMILES string of the molecule is CC(=O)OCC(CSC(C)=O)SC(C)=O. The maximum Gasteiger partial charge on any atom is 0.302 e. The molecule has 6 heteroatoms. The smallest absolute Gasteiger partial charge is 0.302 e. The normalized spacial score (nSPS) is 11.9. The van der Waals surface area contributed by atoms with Crippen LogP contribution < -0.4 is 0 Å². The molecule has 0 aromatic heterocycles. The molecule has 0 amide bonds. The van der Waals surface area contributed by atoms with Crippen molar-refractivity contribution < 1.29 is 19.1 Å². The molecule has 0 aromatic rings. The summed E-state index contributed by atoms with van der Waals surface area (Å²) in [6.45, 7) is 4.39. The van der Waals surface area contributed by atoms with Crippen molar-refractivity contribution in [3.63, 3.8) is 0 Å². The molecular formula is C9H14O4S2. The van der Waals surface area contributed by atoms with Crippen molar-refractivity contribution in [3.8, 4) is 0 Å². The van der Waals surface area contributed by atoms with E-state index in [9.17, 15) is 14.4 Å². The molecule has 4 nitrogen and oxygen atoms in total. The molecule has 0 bridgehead atoms. The summed E-state index contributed by atoms with van der Waals surface area (Å²) in [5, 5.41) is -0.205. The van der Waals surface area contributed by atoms with Gasteiger partial charge in [0.1, 0.15) is 6.61 Å². The van der Waals surface area contributed by atoms with Gasteiger partial charge in [0.15, 0.2) is 10.2 Å². The number of hydrogen-bond donors (Lipinski definition) is 0. The van der Waals surface area contributed by atoms with Crippen molar-refractivity contribution in [2.75, 3.05) is 12.4 Å². The second-order valence-corrected chi connectivity index (χ2v) is 5.51. The van der Waals surface area contributed by atoms with Gasteiger partial charge in [-0.2, -0.15) is 0 Å². The van der Waals surface area contributed by atoms with Gasteiger partial charge in [0.25, 0.3) is 0 Å². The van der Waals surface area contributed by atoms with Gasteiger partial charge in [-0.05, 0) is 0 Å². The van der Waals surface area contributed by atoms with Gasteiger partial charge in [0, 0.05) is 26.5 Å². The number of carbonyl (C=O) groups excluding carboxylic acids is 3. The van der Waals surface area contributed by atoms with E-state index in [4.69, 9.17) is 4.74 Å². The van der Waals surface area contributed by atoms with E-state index in [1.54, 1.807) is 0 Å². The molecule has 0 heterocycles. The molecule has 0 saturated heterocycles. The first kappa shape index (κ1) is 14.5. The quantitative estimate of drug-likeness (QED) is 0.689. The van der Waals surface area contributed by atoms with Gasteiger partial charge in [-0.15, -0.1) is 0 Å². The lowest BCUT2D eigenvalue weighted by atomic mass is 10.5. The Morgan fingerprint density at radius 3 is 2.13 bits per heavy atom. The van der Waals surface area contributed by atoms with Crippen LogP contribution in [0.4, 0.5) is 0 Å². The molecule has 1 unspecified atom stereocenters. The lowest BCUT2D eigenvalue weighted by Crippen LogP contribution is -2.19. The van der Waals surface area contributed by atoms with Gasteiger partial charge in [0.05, 0.1) is 5.25 Å². The Morgan fingerprint density at radius 1 is 1.13 bits per heavy atom. The summed E-state index contributed by atoms with van der Waals surface area (Å²) in [6, 6.07) is 0. The van der Waals surface area contributed by atoms with Crippen molar-refractivity contribution in [2.45, 2.75) is 26.0 Å².